The van der Waals surface area contributed by atoms with Crippen molar-refractivity contribution in [1.82, 2.24) is 4.57 Å². The van der Waals surface area contributed by atoms with Crippen molar-refractivity contribution >= 4 is 22.7 Å². The lowest BCUT2D eigenvalue weighted by atomic mass is 10.0. The molecule has 0 aliphatic carbocycles. The third kappa shape index (κ3) is 7.81. The molecule has 0 amide bonds. The fourth-order valence-electron chi connectivity index (χ4n) is 5.21. The quantitative estimate of drug-likeness (QED) is 0.108. The van der Waals surface area contributed by atoms with Crippen LogP contribution in [0, 0.1) is 11.8 Å². The summed E-state index contributed by atoms with van der Waals surface area (Å²) in [5.41, 5.74) is 4.37. The Bertz CT molecular complexity index is 1480. The average molecular weight is 570 g/mol. The van der Waals surface area contributed by atoms with E-state index in [-0.39, 0.29) is 5.78 Å². The number of carboxylic acids is 1. The highest BCUT2D eigenvalue weighted by Crippen LogP contribution is 2.27. The molecule has 0 aliphatic heterocycles. The van der Waals surface area contributed by atoms with Crippen LogP contribution in [-0.4, -0.2) is 28.0 Å². The molecule has 1 unspecified atom stereocenters. The second-order valence-corrected chi connectivity index (χ2v) is 11.4. The Morgan fingerprint density at radius 1 is 0.952 bits per heavy atom. The normalized spacial score (nSPS) is 12.0. The largest absolute Gasteiger partial charge is 0.493 e. The van der Waals surface area contributed by atoms with Gasteiger partial charge >= 0.3 is 5.97 Å². The van der Waals surface area contributed by atoms with Gasteiger partial charge in [0.2, 0.25) is 0 Å². The fourth-order valence-corrected chi connectivity index (χ4v) is 5.21. The summed E-state index contributed by atoms with van der Waals surface area (Å²) in [7, 11) is 0. The van der Waals surface area contributed by atoms with Gasteiger partial charge in [-0.1, -0.05) is 64.4 Å². The summed E-state index contributed by atoms with van der Waals surface area (Å²) in [5.74, 6) is 0.857. The van der Waals surface area contributed by atoms with Gasteiger partial charge in [0.1, 0.15) is 18.1 Å². The zero-order valence-corrected chi connectivity index (χ0v) is 25.3. The number of para-hydroxylation sites is 1. The first-order chi connectivity index (χ1) is 20.3. The maximum atomic E-state index is 13.6. The van der Waals surface area contributed by atoms with E-state index < -0.39 is 11.9 Å². The summed E-state index contributed by atoms with van der Waals surface area (Å²) < 4.78 is 14.2. The monoisotopic (exact) mass is 569 g/mol. The molecular formula is C36H43NO5. The van der Waals surface area contributed by atoms with Crippen LogP contribution in [-0.2, 0) is 24.4 Å². The number of nitrogens with zero attached hydrogens (tertiary/aromatic N) is 1. The van der Waals surface area contributed by atoms with Gasteiger partial charge in [0.25, 0.3) is 0 Å². The summed E-state index contributed by atoms with van der Waals surface area (Å²) in [4.78, 5) is 25.1. The third-order valence-electron chi connectivity index (χ3n) is 7.64. The Morgan fingerprint density at radius 2 is 1.71 bits per heavy atom. The lowest BCUT2D eigenvalue weighted by Gasteiger charge is -2.15. The van der Waals surface area contributed by atoms with Crippen molar-refractivity contribution in [2.75, 3.05) is 6.61 Å². The number of unbranched alkanes of at least 4 members (excludes halogenated alkanes) is 1. The molecule has 6 heteroatoms. The van der Waals surface area contributed by atoms with Crippen LogP contribution in [0.15, 0.2) is 72.9 Å². The molecule has 1 aromatic heterocycles. The summed E-state index contributed by atoms with van der Waals surface area (Å²) in [6.45, 7) is 10.1. The van der Waals surface area contributed by atoms with Crippen molar-refractivity contribution in [1.29, 1.82) is 0 Å². The van der Waals surface area contributed by atoms with E-state index in [4.69, 9.17) is 9.47 Å². The third-order valence-corrected chi connectivity index (χ3v) is 7.64. The number of ether oxygens (including phenoxy) is 2. The molecule has 3 aromatic carbocycles. The maximum Gasteiger partial charge on any atom is 0.306 e. The van der Waals surface area contributed by atoms with E-state index in [9.17, 15) is 14.7 Å². The van der Waals surface area contributed by atoms with Gasteiger partial charge in [-0.15, -0.1) is 0 Å². The molecule has 42 heavy (non-hydrogen) atoms. The minimum atomic E-state index is -0.782. The molecule has 0 fully saturated rings. The van der Waals surface area contributed by atoms with Gasteiger partial charge in [-0.25, -0.2) is 0 Å². The molecule has 0 saturated heterocycles. The van der Waals surface area contributed by atoms with Gasteiger partial charge in [0.15, 0.2) is 5.78 Å². The molecular weight excluding hydrogens is 526 g/mol. The number of rotatable bonds is 16. The molecule has 0 aliphatic rings. The van der Waals surface area contributed by atoms with E-state index in [1.807, 2.05) is 54.1 Å². The highest BCUT2D eigenvalue weighted by molar-refractivity contribution is 6.16. The topological polar surface area (TPSA) is 77.8 Å². The number of aromatic nitrogens is 1. The standard InChI is InChI=1S/C36H43NO5/c1-5-7-20-41-34-22-26(21-25(3)4)12-13-29(34)24-42-30-16-14-28(15-17-30)35(38)32-23-37(19-18-27(6-2)36(39)40)33-11-9-8-10-31(32)33/h8-17,22-23,25,27H,5-7,18-21,24H2,1-4H3,(H,39,40). The number of carbonyl (C=O) groups is 2. The van der Waals surface area contributed by atoms with Gasteiger partial charge in [-0.05, 0) is 73.6 Å². The van der Waals surface area contributed by atoms with Crippen LogP contribution in [0.5, 0.6) is 11.5 Å². The predicted octanol–water partition coefficient (Wildman–Crippen LogP) is 8.33. The van der Waals surface area contributed by atoms with Crippen LogP contribution in [0.2, 0.25) is 0 Å². The van der Waals surface area contributed by atoms with Crippen LogP contribution in [0.4, 0.5) is 0 Å². The molecule has 4 aromatic rings. The Kier molecular flexibility index (Phi) is 10.8. The lowest BCUT2D eigenvalue weighted by Crippen LogP contribution is -2.15. The van der Waals surface area contributed by atoms with Gasteiger partial charge < -0.3 is 19.1 Å². The smallest absolute Gasteiger partial charge is 0.306 e. The highest BCUT2D eigenvalue weighted by Gasteiger charge is 2.19. The first-order valence-electron chi connectivity index (χ1n) is 15.1. The number of hydrogen-bond acceptors (Lipinski definition) is 4. The van der Waals surface area contributed by atoms with Crippen LogP contribution in [0.25, 0.3) is 10.9 Å². The Morgan fingerprint density at radius 3 is 2.40 bits per heavy atom. The molecule has 1 heterocycles. The number of fused-ring (bicyclic) bond motifs is 1. The van der Waals surface area contributed by atoms with Gasteiger partial charge in [-0.3, -0.25) is 9.59 Å². The molecule has 4 rings (SSSR count). The molecule has 0 spiro atoms. The zero-order valence-electron chi connectivity index (χ0n) is 25.3. The maximum absolute atomic E-state index is 13.6. The fraction of sp³-hybridized carbons (Fsp3) is 0.389. The molecule has 222 valence electrons. The van der Waals surface area contributed by atoms with Crippen molar-refractivity contribution in [3.05, 3.63) is 95.2 Å². The van der Waals surface area contributed by atoms with Crippen molar-refractivity contribution in [3.8, 4) is 11.5 Å². The molecule has 1 atom stereocenters. The van der Waals surface area contributed by atoms with Crippen LogP contribution in [0.3, 0.4) is 0 Å². The van der Waals surface area contributed by atoms with Crippen molar-refractivity contribution in [2.24, 2.45) is 11.8 Å². The number of aryl methyl sites for hydroxylation is 1. The summed E-state index contributed by atoms with van der Waals surface area (Å²) >= 11 is 0. The van der Waals surface area contributed by atoms with Crippen molar-refractivity contribution in [2.45, 2.75) is 73.0 Å². The molecule has 0 radical (unpaired) electrons. The summed E-state index contributed by atoms with van der Waals surface area (Å²) in [6, 6.07) is 21.4. The number of benzene rings is 3. The van der Waals surface area contributed by atoms with Gasteiger partial charge in [0.05, 0.1) is 12.5 Å². The van der Waals surface area contributed by atoms with Gasteiger partial charge in [-0.2, -0.15) is 0 Å². The summed E-state index contributed by atoms with van der Waals surface area (Å²) in [5, 5.41) is 10.3. The average Bonchev–Trinajstić information content (AvgIpc) is 3.35. The molecule has 0 bridgehead atoms. The highest BCUT2D eigenvalue weighted by atomic mass is 16.5. The molecule has 6 nitrogen and oxygen atoms in total. The number of carbonyl (C=O) groups excluding carboxylic acids is 1. The number of hydrogen-bond donors (Lipinski definition) is 1. The number of ketones is 1. The van der Waals surface area contributed by atoms with E-state index in [1.54, 1.807) is 12.1 Å². The van der Waals surface area contributed by atoms with Crippen LogP contribution >= 0.6 is 0 Å². The Balaban J connectivity index is 1.47. The number of aliphatic carboxylic acids is 1. The zero-order chi connectivity index (χ0) is 30.1. The summed E-state index contributed by atoms with van der Waals surface area (Å²) in [6.07, 6.45) is 6.02. The Labute approximate surface area is 249 Å². The molecule has 1 N–H and O–H groups in total. The SMILES string of the molecule is CCCCOc1cc(CC(C)C)ccc1COc1ccc(C(=O)c2cn(CCC(CC)C(=O)O)c3ccccc23)cc1. The van der Waals surface area contributed by atoms with Crippen LogP contribution in [0.1, 0.15) is 80.4 Å². The lowest BCUT2D eigenvalue weighted by molar-refractivity contribution is -0.142. The predicted molar refractivity (Wildman–Crippen MR) is 168 cm³/mol. The minimum absolute atomic E-state index is 0.0749. The first kappa shape index (κ1) is 30.9. The first-order valence-corrected chi connectivity index (χ1v) is 15.1. The second kappa shape index (κ2) is 14.7. The van der Waals surface area contributed by atoms with Crippen molar-refractivity contribution in [3.63, 3.8) is 0 Å². The van der Waals surface area contributed by atoms with E-state index in [1.165, 1.54) is 5.56 Å². The Hall–Kier alpha value is -4.06. The minimum Gasteiger partial charge on any atom is -0.493 e. The second-order valence-electron chi connectivity index (χ2n) is 11.4. The van der Waals surface area contributed by atoms with E-state index in [2.05, 4.69) is 39.0 Å². The van der Waals surface area contributed by atoms with E-state index >= 15 is 0 Å². The van der Waals surface area contributed by atoms with Crippen molar-refractivity contribution < 1.29 is 24.2 Å². The molecule has 0 saturated carbocycles. The van der Waals surface area contributed by atoms with Gasteiger partial charge in [0, 0.05) is 40.3 Å². The van der Waals surface area contributed by atoms with E-state index in [0.717, 1.165) is 41.5 Å². The van der Waals surface area contributed by atoms with Crippen LogP contribution < -0.4 is 9.47 Å². The van der Waals surface area contributed by atoms with E-state index in [0.29, 0.717) is 55.4 Å². The number of carboxylic acid groups (broad SMARTS) is 1.